The second-order valence-corrected chi connectivity index (χ2v) is 7.13. The fourth-order valence-corrected chi connectivity index (χ4v) is 3.98. The van der Waals surface area contributed by atoms with Gasteiger partial charge >= 0.3 is 0 Å². The van der Waals surface area contributed by atoms with Crippen LogP contribution in [-0.4, -0.2) is 32.4 Å². The molecule has 0 radical (unpaired) electrons. The number of nitrogens with one attached hydrogen (secondary N) is 1. The Hall–Kier alpha value is -2.70. The molecule has 5 nitrogen and oxygen atoms in total. The van der Waals surface area contributed by atoms with Crippen LogP contribution in [0.5, 0.6) is 0 Å². The van der Waals surface area contributed by atoms with Crippen LogP contribution in [-0.2, 0) is 6.54 Å². The van der Waals surface area contributed by atoms with Gasteiger partial charge in [-0.1, -0.05) is 35.9 Å². The summed E-state index contributed by atoms with van der Waals surface area (Å²) in [6.07, 6.45) is 1.72. The van der Waals surface area contributed by atoms with Crippen molar-refractivity contribution < 1.29 is 5.11 Å². The van der Waals surface area contributed by atoms with Gasteiger partial charge in [-0.3, -0.25) is 10.4 Å². The predicted molar refractivity (Wildman–Crippen MR) is 104 cm³/mol. The molecule has 4 rings (SSSR count). The molecule has 0 saturated heterocycles. The first kappa shape index (κ1) is 16.8. The molecule has 2 N–H and O–H groups in total. The minimum absolute atomic E-state index is 0.158. The zero-order valence-electron chi connectivity index (χ0n) is 13.7. The van der Waals surface area contributed by atoms with Gasteiger partial charge in [-0.15, -0.1) is 11.3 Å². The number of thiazole rings is 1. The summed E-state index contributed by atoms with van der Waals surface area (Å²) in [6.45, 7) is 0.752. The van der Waals surface area contributed by atoms with E-state index >= 15 is 0 Å². The molecule has 130 valence electrons. The maximum absolute atomic E-state index is 10.4. The molecule has 26 heavy (non-hydrogen) atoms. The molecule has 0 unspecified atom stereocenters. The van der Waals surface area contributed by atoms with Gasteiger partial charge in [0.05, 0.1) is 30.1 Å². The maximum Gasteiger partial charge on any atom is 0.135 e. The van der Waals surface area contributed by atoms with Crippen LogP contribution in [0.15, 0.2) is 59.8 Å². The van der Waals surface area contributed by atoms with Gasteiger partial charge in [-0.2, -0.15) is 0 Å². The van der Waals surface area contributed by atoms with Crippen molar-refractivity contribution in [3.63, 3.8) is 0 Å². The molecule has 3 aromatic rings. The summed E-state index contributed by atoms with van der Waals surface area (Å²) in [5, 5.41) is 22.0. The number of aromatic nitrogens is 2. The Balaban J connectivity index is 1.59. The van der Waals surface area contributed by atoms with E-state index in [1.165, 1.54) is 11.3 Å². The van der Waals surface area contributed by atoms with E-state index < -0.39 is 0 Å². The second kappa shape index (κ2) is 6.90. The summed E-state index contributed by atoms with van der Waals surface area (Å²) in [7, 11) is 0. The van der Waals surface area contributed by atoms with Gasteiger partial charge in [0.15, 0.2) is 0 Å². The molecule has 1 aliphatic rings. The minimum Gasteiger partial charge on any atom is -0.510 e. The third-order valence-electron chi connectivity index (χ3n) is 4.13. The van der Waals surface area contributed by atoms with Crippen molar-refractivity contribution in [1.29, 1.82) is 5.41 Å². The number of pyridine rings is 1. The number of halogens is 1. The number of amidine groups is 1. The molecule has 1 aliphatic heterocycles. The highest BCUT2D eigenvalue weighted by Gasteiger charge is 2.30. The Morgan fingerprint density at radius 2 is 2.00 bits per heavy atom. The van der Waals surface area contributed by atoms with Crippen molar-refractivity contribution in [2.75, 3.05) is 6.54 Å². The SMILES string of the molecule is N=C1C(c2nc(-c3ccccc3Cl)cs2)=C(O)CN1Cc1ccccn1. The van der Waals surface area contributed by atoms with Crippen molar-refractivity contribution in [3.05, 3.63) is 75.5 Å². The highest BCUT2D eigenvalue weighted by molar-refractivity contribution is 7.11. The molecule has 0 amide bonds. The van der Waals surface area contributed by atoms with Gasteiger partial charge in [0.25, 0.3) is 0 Å². The number of aliphatic hydroxyl groups is 1. The van der Waals surface area contributed by atoms with Gasteiger partial charge in [-0.25, -0.2) is 4.98 Å². The number of hydrogen-bond acceptors (Lipinski definition) is 5. The average molecular weight is 383 g/mol. The number of hydrogen-bond donors (Lipinski definition) is 2. The zero-order chi connectivity index (χ0) is 18.1. The van der Waals surface area contributed by atoms with Crippen molar-refractivity contribution in [3.8, 4) is 11.3 Å². The van der Waals surface area contributed by atoms with Gasteiger partial charge in [0, 0.05) is 22.2 Å². The van der Waals surface area contributed by atoms with Crippen LogP contribution < -0.4 is 0 Å². The Kier molecular flexibility index (Phi) is 4.44. The second-order valence-electron chi connectivity index (χ2n) is 5.87. The third-order valence-corrected chi connectivity index (χ3v) is 5.32. The zero-order valence-corrected chi connectivity index (χ0v) is 15.3. The van der Waals surface area contributed by atoms with Crippen LogP contribution >= 0.6 is 22.9 Å². The van der Waals surface area contributed by atoms with Crippen LogP contribution in [0.1, 0.15) is 10.7 Å². The predicted octanol–water partition coefficient (Wildman–Crippen LogP) is 4.62. The summed E-state index contributed by atoms with van der Waals surface area (Å²) >= 11 is 7.64. The quantitative estimate of drug-likeness (QED) is 0.690. The molecular formula is C19H15ClN4OS. The van der Waals surface area contributed by atoms with E-state index in [-0.39, 0.29) is 18.1 Å². The van der Waals surface area contributed by atoms with E-state index in [1.54, 1.807) is 11.1 Å². The molecule has 0 spiro atoms. The molecule has 3 heterocycles. The third kappa shape index (κ3) is 3.09. The number of nitrogens with zero attached hydrogens (tertiary/aromatic N) is 3. The molecule has 0 aliphatic carbocycles. The highest BCUT2D eigenvalue weighted by Crippen LogP contribution is 2.34. The maximum atomic E-state index is 10.4. The fourth-order valence-electron chi connectivity index (χ4n) is 2.86. The molecule has 7 heteroatoms. The smallest absolute Gasteiger partial charge is 0.135 e. The van der Waals surface area contributed by atoms with Gasteiger partial charge in [0.2, 0.25) is 0 Å². The Morgan fingerprint density at radius 1 is 1.19 bits per heavy atom. The first-order valence-corrected chi connectivity index (χ1v) is 9.26. The van der Waals surface area contributed by atoms with E-state index in [9.17, 15) is 5.11 Å². The molecule has 0 atom stereocenters. The van der Waals surface area contributed by atoms with E-state index in [0.29, 0.717) is 22.1 Å². The molecule has 2 aromatic heterocycles. The summed E-state index contributed by atoms with van der Waals surface area (Å²) in [5.74, 6) is 0.416. The van der Waals surface area contributed by atoms with Crippen LogP contribution in [0.2, 0.25) is 5.02 Å². The van der Waals surface area contributed by atoms with Crippen LogP contribution in [0.4, 0.5) is 0 Å². The Labute approximate surface area is 159 Å². The normalized spacial score (nSPS) is 14.3. The number of rotatable bonds is 4. The topological polar surface area (TPSA) is 73.1 Å². The van der Waals surface area contributed by atoms with Crippen molar-refractivity contribution in [2.45, 2.75) is 6.54 Å². The lowest BCUT2D eigenvalue weighted by Crippen LogP contribution is -2.26. The summed E-state index contributed by atoms with van der Waals surface area (Å²) in [4.78, 5) is 10.7. The first-order valence-electron chi connectivity index (χ1n) is 8.00. The number of aliphatic hydroxyl groups excluding tert-OH is 1. The van der Waals surface area contributed by atoms with Gasteiger partial charge in [0.1, 0.15) is 16.6 Å². The molecule has 1 aromatic carbocycles. The lowest BCUT2D eigenvalue weighted by atomic mass is 10.2. The van der Waals surface area contributed by atoms with Crippen molar-refractivity contribution in [2.24, 2.45) is 0 Å². The summed E-state index contributed by atoms with van der Waals surface area (Å²) in [5.41, 5.74) is 2.91. The lowest BCUT2D eigenvalue weighted by molar-refractivity contribution is 0.345. The monoisotopic (exact) mass is 382 g/mol. The van der Waals surface area contributed by atoms with E-state index in [0.717, 1.165) is 17.0 Å². The minimum atomic E-state index is 0.158. The molecule has 0 saturated carbocycles. The van der Waals surface area contributed by atoms with E-state index in [2.05, 4.69) is 9.97 Å². The summed E-state index contributed by atoms with van der Waals surface area (Å²) in [6, 6.07) is 13.2. The summed E-state index contributed by atoms with van der Waals surface area (Å²) < 4.78 is 0. The van der Waals surface area contributed by atoms with Crippen molar-refractivity contribution in [1.82, 2.24) is 14.9 Å². The van der Waals surface area contributed by atoms with Gasteiger partial charge < -0.3 is 10.0 Å². The van der Waals surface area contributed by atoms with Crippen molar-refractivity contribution >= 4 is 34.3 Å². The average Bonchev–Trinajstić information content (AvgIpc) is 3.21. The van der Waals surface area contributed by atoms with Gasteiger partial charge in [-0.05, 0) is 18.2 Å². The van der Waals surface area contributed by atoms with E-state index in [4.69, 9.17) is 17.0 Å². The highest BCUT2D eigenvalue weighted by atomic mass is 35.5. The largest absolute Gasteiger partial charge is 0.510 e. The fraction of sp³-hybridized carbons (Fsp3) is 0.105. The van der Waals surface area contributed by atoms with E-state index in [1.807, 2.05) is 47.8 Å². The molecular weight excluding hydrogens is 368 g/mol. The Bertz CT molecular complexity index is 1000. The van der Waals surface area contributed by atoms with Crippen LogP contribution in [0, 0.1) is 5.41 Å². The first-order chi connectivity index (χ1) is 12.6. The van der Waals surface area contributed by atoms with Crippen LogP contribution in [0.3, 0.4) is 0 Å². The molecule has 0 bridgehead atoms. The standard InChI is InChI=1S/C19H15ClN4OS/c20-14-7-2-1-6-13(14)15-11-26-19(23-15)17-16(25)10-24(18(17)21)9-12-5-3-4-8-22-12/h1-8,11,21,25H,9-10H2. The Morgan fingerprint density at radius 3 is 2.77 bits per heavy atom. The number of benzene rings is 1. The lowest BCUT2D eigenvalue weighted by Gasteiger charge is -2.17. The van der Waals surface area contributed by atoms with Crippen LogP contribution in [0.25, 0.3) is 16.8 Å². The molecule has 0 fully saturated rings.